The first-order valence-electron chi connectivity index (χ1n) is 9.70. The average Bonchev–Trinajstić information content (AvgIpc) is 2.78. The summed E-state index contributed by atoms with van der Waals surface area (Å²) in [6, 6.07) is 14.0. The molecule has 158 valence electrons. The monoisotopic (exact) mass is 411 g/mol. The summed E-state index contributed by atoms with van der Waals surface area (Å²) in [5.41, 5.74) is 2.59. The number of nitrogens with one attached hydrogen (secondary N) is 2. The van der Waals surface area contributed by atoms with Gasteiger partial charge in [0.1, 0.15) is 6.54 Å². The van der Waals surface area contributed by atoms with Crippen molar-refractivity contribution in [2.75, 3.05) is 45.3 Å². The molecule has 1 fully saturated rings. The predicted octanol–water partition coefficient (Wildman–Crippen LogP) is 1.67. The van der Waals surface area contributed by atoms with E-state index in [4.69, 9.17) is 4.74 Å². The molecule has 30 heavy (non-hydrogen) atoms. The topological polar surface area (TPSA) is 97.0 Å². The molecule has 2 aromatic rings. The van der Waals surface area contributed by atoms with Gasteiger partial charge in [0.25, 0.3) is 11.8 Å². The fourth-order valence-electron chi connectivity index (χ4n) is 3.06. The number of methoxy groups -OCH3 is 1. The van der Waals surface area contributed by atoms with E-state index in [1.54, 1.807) is 30.3 Å². The first kappa shape index (κ1) is 21.5. The predicted molar refractivity (Wildman–Crippen MR) is 111 cm³/mol. The lowest BCUT2D eigenvalue weighted by atomic mass is 10.1. The van der Waals surface area contributed by atoms with Crippen LogP contribution < -0.4 is 10.6 Å². The summed E-state index contributed by atoms with van der Waals surface area (Å²) in [7, 11) is 1.25. The molecular weight excluding hydrogens is 386 g/mol. The molecule has 2 N–H and O–H groups in total. The van der Waals surface area contributed by atoms with Crippen molar-refractivity contribution in [1.29, 1.82) is 0 Å². The first-order chi connectivity index (χ1) is 14.5. The summed E-state index contributed by atoms with van der Waals surface area (Å²) in [6.07, 6.45) is 0. The number of hydrogen-bond acceptors (Lipinski definition) is 6. The van der Waals surface area contributed by atoms with E-state index >= 15 is 0 Å². The lowest BCUT2D eigenvalue weighted by molar-refractivity contribution is -0.139. The Kier molecular flexibility index (Phi) is 7.53. The van der Waals surface area contributed by atoms with Crippen LogP contribution in [0.3, 0.4) is 0 Å². The molecule has 1 saturated heterocycles. The molecule has 0 aromatic heterocycles. The summed E-state index contributed by atoms with van der Waals surface area (Å²) in [4.78, 5) is 38.0. The summed E-state index contributed by atoms with van der Waals surface area (Å²) in [5, 5.41) is 5.30. The number of esters is 1. The Morgan fingerprint density at radius 3 is 2.43 bits per heavy atom. The van der Waals surface area contributed by atoms with Crippen LogP contribution in [-0.4, -0.2) is 62.6 Å². The van der Waals surface area contributed by atoms with E-state index in [2.05, 4.69) is 20.3 Å². The number of ether oxygens (including phenoxy) is 2. The van der Waals surface area contributed by atoms with Crippen molar-refractivity contribution >= 4 is 23.5 Å². The number of benzene rings is 2. The van der Waals surface area contributed by atoms with Crippen LogP contribution in [0.5, 0.6) is 0 Å². The number of carbonyl (C=O) groups excluding carboxylic acids is 3. The lowest BCUT2D eigenvalue weighted by Crippen LogP contribution is -2.35. The maximum absolute atomic E-state index is 12.6. The van der Waals surface area contributed by atoms with Gasteiger partial charge in [0.05, 0.1) is 20.3 Å². The number of hydrogen-bond donors (Lipinski definition) is 2. The molecule has 1 aliphatic heterocycles. The zero-order chi connectivity index (χ0) is 21.3. The molecule has 8 heteroatoms. The van der Waals surface area contributed by atoms with Gasteiger partial charge in [-0.1, -0.05) is 12.1 Å². The van der Waals surface area contributed by atoms with Gasteiger partial charge in [0, 0.05) is 36.4 Å². The third kappa shape index (κ3) is 6.13. The van der Waals surface area contributed by atoms with Crippen LogP contribution in [0, 0.1) is 0 Å². The van der Waals surface area contributed by atoms with Crippen LogP contribution in [-0.2, 0) is 20.8 Å². The maximum Gasteiger partial charge on any atom is 0.325 e. The van der Waals surface area contributed by atoms with Crippen molar-refractivity contribution < 1.29 is 23.9 Å². The average molecular weight is 411 g/mol. The third-order valence-electron chi connectivity index (χ3n) is 4.72. The molecule has 0 radical (unpaired) electrons. The smallest absolute Gasteiger partial charge is 0.325 e. The summed E-state index contributed by atoms with van der Waals surface area (Å²) in [6.45, 7) is 3.81. The highest BCUT2D eigenvalue weighted by molar-refractivity contribution is 6.04. The SMILES string of the molecule is COC(=O)CNC(=O)c1ccc(NC(=O)c2cccc(CN3CCOCC3)c2)cc1. The van der Waals surface area contributed by atoms with Crippen LogP contribution in [0.15, 0.2) is 48.5 Å². The van der Waals surface area contributed by atoms with Crippen molar-refractivity contribution in [1.82, 2.24) is 10.2 Å². The Hall–Kier alpha value is -3.23. The Morgan fingerprint density at radius 2 is 1.73 bits per heavy atom. The van der Waals surface area contributed by atoms with E-state index < -0.39 is 11.9 Å². The number of morpholine rings is 1. The highest BCUT2D eigenvalue weighted by Gasteiger charge is 2.13. The van der Waals surface area contributed by atoms with Crippen LogP contribution in [0.2, 0.25) is 0 Å². The van der Waals surface area contributed by atoms with Gasteiger partial charge in [0.2, 0.25) is 0 Å². The van der Waals surface area contributed by atoms with E-state index in [0.29, 0.717) is 16.8 Å². The number of amides is 2. The van der Waals surface area contributed by atoms with Gasteiger partial charge in [-0.3, -0.25) is 19.3 Å². The number of anilines is 1. The van der Waals surface area contributed by atoms with E-state index in [9.17, 15) is 14.4 Å². The van der Waals surface area contributed by atoms with E-state index in [1.807, 2.05) is 18.2 Å². The molecule has 0 aliphatic carbocycles. The second-order valence-corrected chi connectivity index (χ2v) is 6.88. The Labute approximate surface area is 175 Å². The van der Waals surface area contributed by atoms with Gasteiger partial charge in [-0.15, -0.1) is 0 Å². The van der Waals surface area contributed by atoms with Gasteiger partial charge in [-0.05, 0) is 42.0 Å². The van der Waals surface area contributed by atoms with Gasteiger partial charge in [-0.25, -0.2) is 0 Å². The number of nitrogens with zero attached hydrogens (tertiary/aromatic N) is 1. The van der Waals surface area contributed by atoms with Crippen LogP contribution in [0.25, 0.3) is 0 Å². The molecule has 0 bridgehead atoms. The molecule has 2 aromatic carbocycles. The standard InChI is InChI=1S/C22H25N3O5/c1-29-20(26)14-23-21(27)17-5-7-19(8-6-17)24-22(28)18-4-2-3-16(13-18)15-25-9-11-30-12-10-25/h2-8,13H,9-12,14-15H2,1H3,(H,23,27)(H,24,28). The Morgan fingerprint density at radius 1 is 1.00 bits per heavy atom. The minimum atomic E-state index is -0.525. The minimum absolute atomic E-state index is 0.200. The summed E-state index contributed by atoms with van der Waals surface area (Å²) >= 11 is 0. The largest absolute Gasteiger partial charge is 0.468 e. The van der Waals surface area contributed by atoms with Crippen molar-refractivity contribution in [3.8, 4) is 0 Å². The first-order valence-corrected chi connectivity index (χ1v) is 9.70. The number of carbonyl (C=O) groups is 3. The molecule has 0 spiro atoms. The Bertz CT molecular complexity index is 892. The van der Waals surface area contributed by atoms with E-state index in [1.165, 1.54) is 7.11 Å². The maximum atomic E-state index is 12.6. The minimum Gasteiger partial charge on any atom is -0.468 e. The van der Waals surface area contributed by atoms with E-state index in [-0.39, 0.29) is 12.5 Å². The fraction of sp³-hybridized carbons (Fsp3) is 0.318. The van der Waals surface area contributed by atoms with Gasteiger partial charge < -0.3 is 20.1 Å². The quantitative estimate of drug-likeness (QED) is 0.673. The molecule has 0 atom stereocenters. The van der Waals surface area contributed by atoms with Gasteiger partial charge >= 0.3 is 5.97 Å². The van der Waals surface area contributed by atoms with Crippen LogP contribution in [0.4, 0.5) is 5.69 Å². The zero-order valence-corrected chi connectivity index (χ0v) is 16.8. The molecule has 3 rings (SSSR count). The molecule has 8 nitrogen and oxygen atoms in total. The molecule has 1 heterocycles. The van der Waals surface area contributed by atoms with Crippen molar-refractivity contribution in [2.24, 2.45) is 0 Å². The van der Waals surface area contributed by atoms with Crippen molar-refractivity contribution in [2.45, 2.75) is 6.54 Å². The summed E-state index contributed by atoms with van der Waals surface area (Å²) < 4.78 is 9.85. The molecule has 0 unspecified atom stereocenters. The normalized spacial score (nSPS) is 14.0. The van der Waals surface area contributed by atoms with Gasteiger partial charge in [-0.2, -0.15) is 0 Å². The lowest BCUT2D eigenvalue weighted by Gasteiger charge is -2.26. The van der Waals surface area contributed by atoms with Crippen molar-refractivity contribution in [3.63, 3.8) is 0 Å². The molecule has 1 aliphatic rings. The molecular formula is C22H25N3O5. The molecule has 2 amide bonds. The summed E-state index contributed by atoms with van der Waals surface area (Å²) in [5.74, 6) is -1.14. The highest BCUT2D eigenvalue weighted by atomic mass is 16.5. The second-order valence-electron chi connectivity index (χ2n) is 6.88. The zero-order valence-electron chi connectivity index (χ0n) is 16.8. The highest BCUT2D eigenvalue weighted by Crippen LogP contribution is 2.14. The van der Waals surface area contributed by atoms with Crippen LogP contribution >= 0.6 is 0 Å². The van der Waals surface area contributed by atoms with Crippen molar-refractivity contribution in [3.05, 3.63) is 65.2 Å². The number of rotatable bonds is 7. The molecule has 0 saturated carbocycles. The Balaban J connectivity index is 1.57. The van der Waals surface area contributed by atoms with Gasteiger partial charge in [0.15, 0.2) is 0 Å². The third-order valence-corrected chi connectivity index (χ3v) is 4.72. The van der Waals surface area contributed by atoms with E-state index in [0.717, 1.165) is 38.4 Å². The second kappa shape index (κ2) is 10.5. The van der Waals surface area contributed by atoms with Crippen LogP contribution in [0.1, 0.15) is 26.3 Å². The fourth-order valence-corrected chi connectivity index (χ4v) is 3.06.